The number of carbonyl (C=O) groups excluding carboxylic acids is 1. The Bertz CT molecular complexity index is 1540. The van der Waals surface area contributed by atoms with E-state index in [4.69, 9.17) is 21.1 Å². The van der Waals surface area contributed by atoms with Crippen molar-refractivity contribution in [1.82, 2.24) is 24.1 Å². The summed E-state index contributed by atoms with van der Waals surface area (Å²) in [4.78, 5) is 19.9. The van der Waals surface area contributed by atoms with Crippen LogP contribution in [-0.2, 0) is 16.5 Å². The second-order valence-electron chi connectivity index (χ2n) is 8.91. The van der Waals surface area contributed by atoms with Crippen LogP contribution in [0.2, 0.25) is 5.02 Å². The van der Waals surface area contributed by atoms with Gasteiger partial charge in [-0.15, -0.1) is 0 Å². The van der Waals surface area contributed by atoms with Crippen molar-refractivity contribution < 1.29 is 14.3 Å². The van der Waals surface area contributed by atoms with Crippen LogP contribution in [0.1, 0.15) is 11.1 Å². The number of anilines is 3. The fourth-order valence-electron chi connectivity index (χ4n) is 4.22. The molecule has 0 saturated carbocycles. The number of nitrogens with one attached hydrogen (secondary N) is 2. The monoisotopic (exact) mass is 566 g/mol. The quantitative estimate of drug-likeness (QED) is 0.313. The van der Waals surface area contributed by atoms with Crippen LogP contribution in [0.3, 0.4) is 0 Å². The standard InChI is InChI=1S/C26H27ClN8O3S/c1-17-21(32-26(36)38-12-9-34-7-10-37-11-8-34)16-35-24(17)23(18(14-28)15-30-35)31-19-3-4-22(20(27)13-19)39-25-29-5-6-33(25)2/h3-6,13,15-16,31H,7-12H2,1-2H3,(H,32,36). The van der Waals surface area contributed by atoms with Crippen molar-refractivity contribution >= 4 is 52.0 Å². The largest absolute Gasteiger partial charge is 0.448 e. The summed E-state index contributed by atoms with van der Waals surface area (Å²) in [6.45, 7) is 5.82. The Labute approximate surface area is 234 Å². The molecule has 0 aliphatic carbocycles. The Morgan fingerprint density at radius 1 is 1.33 bits per heavy atom. The number of hydrogen-bond acceptors (Lipinski definition) is 9. The first-order valence-corrected chi connectivity index (χ1v) is 13.5. The van der Waals surface area contributed by atoms with E-state index in [-0.39, 0.29) is 6.61 Å². The van der Waals surface area contributed by atoms with E-state index in [0.29, 0.717) is 52.9 Å². The minimum absolute atomic E-state index is 0.275. The van der Waals surface area contributed by atoms with Gasteiger partial charge in [-0.2, -0.15) is 10.4 Å². The van der Waals surface area contributed by atoms with Crippen molar-refractivity contribution in [3.05, 3.63) is 59.1 Å². The molecule has 1 saturated heterocycles. The number of imidazole rings is 1. The van der Waals surface area contributed by atoms with E-state index in [9.17, 15) is 10.1 Å². The Hall–Kier alpha value is -3.76. The second-order valence-corrected chi connectivity index (χ2v) is 10.3. The van der Waals surface area contributed by atoms with E-state index in [2.05, 4.69) is 31.7 Å². The van der Waals surface area contributed by atoms with E-state index < -0.39 is 6.09 Å². The maximum Gasteiger partial charge on any atom is 0.411 e. The zero-order chi connectivity index (χ0) is 27.4. The molecular weight excluding hydrogens is 540 g/mol. The molecule has 2 N–H and O–H groups in total. The van der Waals surface area contributed by atoms with Gasteiger partial charge in [0.25, 0.3) is 0 Å². The molecule has 1 aliphatic heterocycles. The van der Waals surface area contributed by atoms with Gasteiger partial charge in [0.15, 0.2) is 5.16 Å². The van der Waals surface area contributed by atoms with Crippen LogP contribution in [0, 0.1) is 18.3 Å². The Morgan fingerprint density at radius 2 is 2.15 bits per heavy atom. The number of nitriles is 1. The van der Waals surface area contributed by atoms with Gasteiger partial charge in [-0.1, -0.05) is 23.4 Å². The van der Waals surface area contributed by atoms with Crippen molar-refractivity contribution in [3.63, 3.8) is 0 Å². The van der Waals surface area contributed by atoms with E-state index in [1.54, 1.807) is 23.0 Å². The molecule has 3 aromatic heterocycles. The highest BCUT2D eigenvalue weighted by molar-refractivity contribution is 7.99. The Morgan fingerprint density at radius 3 is 2.87 bits per heavy atom. The topological polar surface area (TPSA) is 122 Å². The van der Waals surface area contributed by atoms with Crippen LogP contribution < -0.4 is 10.6 Å². The normalized spacial score (nSPS) is 13.8. The van der Waals surface area contributed by atoms with Gasteiger partial charge in [0.1, 0.15) is 12.7 Å². The van der Waals surface area contributed by atoms with Gasteiger partial charge >= 0.3 is 6.09 Å². The maximum absolute atomic E-state index is 12.5. The predicted molar refractivity (Wildman–Crippen MR) is 149 cm³/mol. The number of halogens is 1. The summed E-state index contributed by atoms with van der Waals surface area (Å²) in [6, 6.07) is 7.78. The lowest BCUT2D eigenvalue weighted by molar-refractivity contribution is 0.0290. The van der Waals surface area contributed by atoms with Crippen LogP contribution in [0.25, 0.3) is 5.52 Å². The molecule has 0 atom stereocenters. The molecule has 1 fully saturated rings. The minimum atomic E-state index is -0.551. The summed E-state index contributed by atoms with van der Waals surface area (Å²) in [6.07, 6.45) is 6.23. The summed E-state index contributed by atoms with van der Waals surface area (Å²) in [5, 5.41) is 21.6. The molecule has 13 heteroatoms. The number of benzene rings is 1. The van der Waals surface area contributed by atoms with Gasteiger partial charge < -0.3 is 19.4 Å². The number of nitrogens with zero attached hydrogens (tertiary/aromatic N) is 6. The van der Waals surface area contributed by atoms with Crippen molar-refractivity contribution in [3.8, 4) is 6.07 Å². The van der Waals surface area contributed by atoms with Gasteiger partial charge in [-0.3, -0.25) is 10.2 Å². The number of aryl methyl sites for hydroxylation is 2. The van der Waals surface area contributed by atoms with Crippen LogP contribution in [0.15, 0.2) is 53.0 Å². The maximum atomic E-state index is 12.5. The molecule has 4 heterocycles. The first-order chi connectivity index (χ1) is 18.9. The Kier molecular flexibility index (Phi) is 8.23. The van der Waals surface area contributed by atoms with Crippen molar-refractivity contribution in [2.45, 2.75) is 17.0 Å². The molecule has 39 heavy (non-hydrogen) atoms. The number of morpholine rings is 1. The molecule has 11 nitrogen and oxygen atoms in total. The zero-order valence-corrected chi connectivity index (χ0v) is 23.1. The van der Waals surface area contributed by atoms with E-state index >= 15 is 0 Å². The van der Waals surface area contributed by atoms with Gasteiger partial charge in [-0.25, -0.2) is 14.3 Å². The first-order valence-electron chi connectivity index (χ1n) is 12.3. The fourth-order valence-corrected chi connectivity index (χ4v) is 5.32. The molecule has 0 bridgehead atoms. The molecule has 1 amide bonds. The number of aromatic nitrogens is 4. The van der Waals surface area contributed by atoms with Gasteiger partial charge in [-0.05, 0) is 25.1 Å². The van der Waals surface area contributed by atoms with Crippen molar-refractivity contribution in [2.75, 3.05) is 50.1 Å². The molecule has 4 aromatic rings. The summed E-state index contributed by atoms with van der Waals surface area (Å²) in [5.74, 6) is 0. The second kappa shape index (κ2) is 12.0. The lowest BCUT2D eigenvalue weighted by Gasteiger charge is -2.26. The van der Waals surface area contributed by atoms with Gasteiger partial charge in [0.05, 0.1) is 53.1 Å². The fraction of sp³-hybridized carbons (Fsp3) is 0.308. The van der Waals surface area contributed by atoms with Gasteiger partial charge in [0.2, 0.25) is 0 Å². The van der Waals surface area contributed by atoms with E-state index in [0.717, 1.165) is 28.7 Å². The average molecular weight is 567 g/mol. The molecular formula is C26H27ClN8O3S. The number of hydrogen-bond donors (Lipinski definition) is 2. The number of ether oxygens (including phenoxy) is 2. The van der Waals surface area contributed by atoms with E-state index in [1.165, 1.54) is 18.0 Å². The summed E-state index contributed by atoms with van der Waals surface area (Å²) < 4.78 is 14.3. The molecule has 5 rings (SSSR count). The summed E-state index contributed by atoms with van der Waals surface area (Å²) in [7, 11) is 1.92. The van der Waals surface area contributed by atoms with Gasteiger partial charge in [0, 0.05) is 55.2 Å². The zero-order valence-electron chi connectivity index (χ0n) is 21.5. The minimum Gasteiger partial charge on any atom is -0.448 e. The van der Waals surface area contributed by atoms with Crippen molar-refractivity contribution in [2.24, 2.45) is 7.05 Å². The first kappa shape index (κ1) is 26.8. The lowest BCUT2D eigenvalue weighted by atomic mass is 10.1. The summed E-state index contributed by atoms with van der Waals surface area (Å²) in [5.41, 5.74) is 3.54. The third-order valence-corrected chi connectivity index (χ3v) is 7.91. The highest BCUT2D eigenvalue weighted by Gasteiger charge is 2.19. The molecule has 1 aliphatic rings. The smallest absolute Gasteiger partial charge is 0.411 e. The third kappa shape index (κ3) is 6.12. The molecule has 1 aromatic carbocycles. The summed E-state index contributed by atoms with van der Waals surface area (Å²) >= 11 is 8.05. The number of carbonyl (C=O) groups is 1. The molecule has 0 radical (unpaired) electrons. The van der Waals surface area contributed by atoms with Crippen molar-refractivity contribution in [1.29, 1.82) is 5.26 Å². The SMILES string of the molecule is Cc1c(NC(=O)OCCN2CCOCC2)cn2ncc(C#N)c(Nc3ccc(Sc4nccn4C)c(Cl)c3)c12. The molecule has 202 valence electrons. The molecule has 0 spiro atoms. The third-order valence-electron chi connectivity index (χ3n) is 6.34. The lowest BCUT2D eigenvalue weighted by Crippen LogP contribution is -2.38. The number of amides is 1. The average Bonchev–Trinajstić information content (AvgIpc) is 3.48. The predicted octanol–water partition coefficient (Wildman–Crippen LogP) is 4.68. The number of fused-ring (bicyclic) bond motifs is 1. The number of rotatable bonds is 8. The highest BCUT2D eigenvalue weighted by Crippen LogP contribution is 2.36. The van der Waals surface area contributed by atoms with Crippen LogP contribution in [-0.4, -0.2) is 69.6 Å². The highest BCUT2D eigenvalue weighted by atomic mass is 35.5. The van der Waals surface area contributed by atoms with Crippen LogP contribution >= 0.6 is 23.4 Å². The van der Waals surface area contributed by atoms with E-state index in [1.807, 2.05) is 36.9 Å². The van der Waals surface area contributed by atoms with Crippen LogP contribution in [0.5, 0.6) is 0 Å². The van der Waals surface area contributed by atoms with Crippen LogP contribution in [0.4, 0.5) is 21.9 Å². The Balaban J connectivity index is 1.33. The molecule has 0 unspecified atom stereocenters.